The highest BCUT2D eigenvalue weighted by Crippen LogP contribution is 2.34. The topological polar surface area (TPSA) is 90.4 Å². The third-order valence-corrected chi connectivity index (χ3v) is 4.80. The SMILES string of the molecule is NS(=O)(=O)c1ccccc1Cc1ccc2oc(=O)cc(C(F)(F)F)c2c1. The Morgan fingerprint density at radius 2 is 1.73 bits per heavy atom. The zero-order chi connectivity index (χ0) is 19.1. The molecule has 0 unspecified atom stereocenters. The summed E-state index contributed by atoms with van der Waals surface area (Å²) in [6.45, 7) is 0. The molecule has 2 aromatic carbocycles. The van der Waals surface area contributed by atoms with Crippen LogP contribution in [-0.2, 0) is 22.6 Å². The third-order valence-electron chi connectivity index (χ3n) is 3.79. The number of benzene rings is 2. The largest absolute Gasteiger partial charge is 0.423 e. The summed E-state index contributed by atoms with van der Waals surface area (Å²) in [5.41, 5.74) is -1.65. The van der Waals surface area contributed by atoms with Gasteiger partial charge in [-0.1, -0.05) is 24.3 Å². The Morgan fingerprint density at radius 1 is 1.04 bits per heavy atom. The van der Waals surface area contributed by atoms with Crippen LogP contribution in [0.15, 0.2) is 62.6 Å². The van der Waals surface area contributed by atoms with Gasteiger partial charge in [0.2, 0.25) is 10.0 Å². The molecule has 3 aromatic rings. The molecular formula is C17H12F3NO4S. The van der Waals surface area contributed by atoms with Gasteiger partial charge < -0.3 is 4.42 Å². The van der Waals surface area contributed by atoms with Crippen molar-refractivity contribution in [3.05, 3.63) is 75.6 Å². The minimum atomic E-state index is -4.73. The lowest BCUT2D eigenvalue weighted by Gasteiger charge is -2.11. The lowest BCUT2D eigenvalue weighted by Crippen LogP contribution is -2.14. The van der Waals surface area contributed by atoms with Gasteiger partial charge in [-0.3, -0.25) is 0 Å². The summed E-state index contributed by atoms with van der Waals surface area (Å²) in [5.74, 6) is 0. The fourth-order valence-electron chi connectivity index (χ4n) is 2.70. The van der Waals surface area contributed by atoms with Crippen LogP contribution in [0, 0.1) is 0 Å². The van der Waals surface area contributed by atoms with Crippen LogP contribution in [0.3, 0.4) is 0 Å². The minimum absolute atomic E-state index is 0.0406. The summed E-state index contributed by atoms with van der Waals surface area (Å²) >= 11 is 0. The average molecular weight is 383 g/mol. The fourth-order valence-corrected chi connectivity index (χ4v) is 3.48. The lowest BCUT2D eigenvalue weighted by molar-refractivity contribution is -0.136. The second kappa shape index (κ2) is 6.26. The van der Waals surface area contributed by atoms with E-state index in [2.05, 4.69) is 0 Å². The third kappa shape index (κ3) is 3.63. The number of primary sulfonamides is 1. The van der Waals surface area contributed by atoms with Gasteiger partial charge in [0.25, 0.3) is 0 Å². The number of hydrogen-bond acceptors (Lipinski definition) is 4. The van der Waals surface area contributed by atoms with Crippen molar-refractivity contribution in [1.82, 2.24) is 0 Å². The van der Waals surface area contributed by atoms with E-state index in [-0.39, 0.29) is 22.3 Å². The van der Waals surface area contributed by atoms with Gasteiger partial charge in [0.15, 0.2) is 0 Å². The molecule has 0 amide bonds. The van der Waals surface area contributed by atoms with E-state index in [1.54, 1.807) is 6.07 Å². The molecule has 0 saturated carbocycles. The molecule has 26 heavy (non-hydrogen) atoms. The predicted octanol–water partition coefficient (Wildman–Crippen LogP) is 3.05. The van der Waals surface area contributed by atoms with Crippen LogP contribution in [0.2, 0.25) is 0 Å². The molecule has 0 bridgehead atoms. The van der Waals surface area contributed by atoms with Gasteiger partial charge in [-0.15, -0.1) is 0 Å². The highest BCUT2D eigenvalue weighted by Gasteiger charge is 2.33. The van der Waals surface area contributed by atoms with E-state index in [9.17, 15) is 26.4 Å². The summed E-state index contributed by atoms with van der Waals surface area (Å²) in [6.07, 6.45) is -4.69. The first-order chi connectivity index (χ1) is 12.1. The smallest absolute Gasteiger partial charge is 0.417 e. The predicted molar refractivity (Wildman–Crippen MR) is 88.1 cm³/mol. The monoisotopic (exact) mass is 383 g/mol. The number of hydrogen-bond donors (Lipinski definition) is 1. The molecule has 0 atom stereocenters. The molecule has 1 aromatic heterocycles. The van der Waals surface area contributed by atoms with Crippen molar-refractivity contribution < 1.29 is 26.0 Å². The van der Waals surface area contributed by atoms with Crippen molar-refractivity contribution >= 4 is 21.0 Å². The summed E-state index contributed by atoms with van der Waals surface area (Å²) in [4.78, 5) is 11.2. The zero-order valence-corrected chi connectivity index (χ0v) is 13.9. The van der Waals surface area contributed by atoms with Crippen molar-refractivity contribution in [2.24, 2.45) is 5.14 Å². The van der Waals surface area contributed by atoms with Crippen LogP contribution < -0.4 is 10.8 Å². The molecule has 5 nitrogen and oxygen atoms in total. The van der Waals surface area contributed by atoms with Gasteiger partial charge in [-0.25, -0.2) is 18.4 Å². The summed E-state index contributed by atoms with van der Waals surface area (Å²) in [5, 5.41) is 4.90. The second-order valence-electron chi connectivity index (χ2n) is 5.64. The Morgan fingerprint density at radius 3 is 2.38 bits per heavy atom. The van der Waals surface area contributed by atoms with Crippen molar-refractivity contribution in [1.29, 1.82) is 0 Å². The quantitative estimate of drug-likeness (QED) is 0.704. The van der Waals surface area contributed by atoms with Crippen LogP contribution in [-0.4, -0.2) is 8.42 Å². The van der Waals surface area contributed by atoms with Crippen LogP contribution >= 0.6 is 0 Å². The first kappa shape index (κ1) is 18.2. The Balaban J connectivity index is 2.15. The van der Waals surface area contributed by atoms with Gasteiger partial charge in [-0.05, 0) is 35.7 Å². The number of alkyl halides is 3. The standard InChI is InChI=1S/C17H12F3NO4S/c18-17(19,20)13-9-16(22)25-14-6-5-10(8-12(13)14)7-11-3-1-2-4-15(11)26(21,23)24/h1-6,8-9H,7H2,(H2,21,23,24). The Bertz CT molecular complexity index is 1150. The van der Waals surface area contributed by atoms with Gasteiger partial charge in [0.05, 0.1) is 10.5 Å². The highest BCUT2D eigenvalue weighted by molar-refractivity contribution is 7.89. The molecule has 3 rings (SSSR count). The van der Waals surface area contributed by atoms with E-state index in [4.69, 9.17) is 9.56 Å². The summed E-state index contributed by atoms with van der Waals surface area (Å²) in [6, 6.07) is 10.3. The maximum absolute atomic E-state index is 13.2. The van der Waals surface area contributed by atoms with Gasteiger partial charge in [-0.2, -0.15) is 13.2 Å². The number of nitrogens with two attached hydrogens (primary N) is 1. The van der Waals surface area contributed by atoms with Crippen LogP contribution in [0.25, 0.3) is 11.0 Å². The van der Waals surface area contributed by atoms with Crippen molar-refractivity contribution in [2.45, 2.75) is 17.5 Å². The van der Waals surface area contributed by atoms with Gasteiger partial charge in [0, 0.05) is 11.5 Å². The number of halogens is 3. The molecule has 0 fully saturated rings. The second-order valence-corrected chi connectivity index (χ2v) is 7.17. The van der Waals surface area contributed by atoms with Gasteiger partial charge in [0.1, 0.15) is 5.58 Å². The first-order valence-electron chi connectivity index (χ1n) is 7.30. The first-order valence-corrected chi connectivity index (χ1v) is 8.85. The van der Waals surface area contributed by atoms with Crippen molar-refractivity contribution in [3.63, 3.8) is 0 Å². The number of fused-ring (bicyclic) bond motifs is 1. The van der Waals surface area contributed by atoms with E-state index >= 15 is 0 Å². The van der Waals surface area contributed by atoms with Gasteiger partial charge >= 0.3 is 11.8 Å². The van der Waals surface area contributed by atoms with E-state index < -0.39 is 27.4 Å². The maximum Gasteiger partial charge on any atom is 0.417 e. The Labute approximate surface area is 145 Å². The fraction of sp³-hybridized carbons (Fsp3) is 0.118. The molecule has 0 aliphatic rings. The molecule has 0 aliphatic heterocycles. The summed E-state index contributed by atoms with van der Waals surface area (Å²) in [7, 11) is -3.97. The van der Waals surface area contributed by atoms with E-state index in [0.717, 1.165) is 0 Å². The molecule has 0 saturated heterocycles. The zero-order valence-electron chi connectivity index (χ0n) is 13.1. The van der Waals surface area contributed by atoms with Crippen LogP contribution in [0.4, 0.5) is 13.2 Å². The van der Waals surface area contributed by atoms with E-state index in [0.29, 0.717) is 17.2 Å². The average Bonchev–Trinajstić information content (AvgIpc) is 2.53. The van der Waals surface area contributed by atoms with Crippen molar-refractivity contribution in [3.8, 4) is 0 Å². The molecule has 0 spiro atoms. The Kier molecular flexibility index (Phi) is 4.37. The maximum atomic E-state index is 13.2. The number of rotatable bonds is 3. The Hall–Kier alpha value is -2.65. The van der Waals surface area contributed by atoms with Crippen LogP contribution in [0.5, 0.6) is 0 Å². The minimum Gasteiger partial charge on any atom is -0.423 e. The molecule has 2 N–H and O–H groups in total. The summed E-state index contributed by atoms with van der Waals surface area (Å²) < 4.78 is 67.7. The molecule has 0 radical (unpaired) electrons. The molecular weight excluding hydrogens is 371 g/mol. The lowest BCUT2D eigenvalue weighted by atomic mass is 10.0. The molecule has 136 valence electrons. The molecule has 9 heteroatoms. The van der Waals surface area contributed by atoms with E-state index in [1.807, 2.05) is 0 Å². The van der Waals surface area contributed by atoms with E-state index in [1.165, 1.54) is 36.4 Å². The molecule has 1 heterocycles. The van der Waals surface area contributed by atoms with Crippen molar-refractivity contribution in [2.75, 3.05) is 0 Å². The number of sulfonamides is 1. The molecule has 0 aliphatic carbocycles. The van der Waals surface area contributed by atoms with Crippen LogP contribution in [0.1, 0.15) is 16.7 Å². The highest BCUT2D eigenvalue weighted by atomic mass is 32.2. The normalized spacial score (nSPS) is 12.5.